The second-order valence-electron chi connectivity index (χ2n) is 3.43. The molecule has 1 saturated heterocycles. The number of nitrogens with one attached hydrogen (secondary N) is 1. The molecule has 1 aromatic rings. The van der Waals surface area contributed by atoms with Gasteiger partial charge in [0.2, 0.25) is 5.95 Å². The third kappa shape index (κ3) is 2.97. The minimum atomic E-state index is -0.724. The van der Waals surface area contributed by atoms with Crippen molar-refractivity contribution < 1.29 is 14.3 Å². The van der Waals surface area contributed by atoms with Crippen molar-refractivity contribution in [2.75, 3.05) is 31.6 Å². The zero-order valence-electron chi connectivity index (χ0n) is 9.13. The Labute approximate surface area is 97.8 Å². The summed E-state index contributed by atoms with van der Waals surface area (Å²) in [6.45, 7) is 1.78. The Balaban J connectivity index is 1.93. The number of rotatable bonds is 1. The summed E-state index contributed by atoms with van der Waals surface area (Å²) < 4.78 is 5.10. The molecular weight excluding hydrogens is 224 g/mol. The molecule has 2 amide bonds. The molecule has 1 aromatic heterocycles. The molecule has 0 unspecified atom stereocenters. The molecule has 1 aliphatic rings. The Bertz CT molecular complexity index is 403. The topological polar surface area (TPSA) is 84.4 Å². The van der Waals surface area contributed by atoms with E-state index in [1.54, 1.807) is 6.07 Å². The maximum atomic E-state index is 11.7. The van der Waals surface area contributed by atoms with E-state index in [0.717, 1.165) is 0 Å². The van der Waals surface area contributed by atoms with Gasteiger partial charge in [-0.3, -0.25) is 14.9 Å². The Morgan fingerprint density at radius 1 is 1.24 bits per heavy atom. The molecule has 7 nitrogen and oxygen atoms in total. The van der Waals surface area contributed by atoms with E-state index in [0.29, 0.717) is 26.3 Å². The number of morpholine rings is 1. The van der Waals surface area contributed by atoms with Gasteiger partial charge in [-0.15, -0.1) is 0 Å². The predicted molar refractivity (Wildman–Crippen MR) is 58.1 cm³/mol. The highest BCUT2D eigenvalue weighted by atomic mass is 16.5. The van der Waals surface area contributed by atoms with Crippen LogP contribution in [-0.2, 0) is 14.3 Å². The molecule has 90 valence electrons. The molecule has 0 atom stereocenters. The molecule has 0 saturated carbocycles. The van der Waals surface area contributed by atoms with Gasteiger partial charge in [0.05, 0.1) is 13.2 Å². The first kappa shape index (κ1) is 11.5. The first-order valence-corrected chi connectivity index (χ1v) is 5.22. The van der Waals surface area contributed by atoms with Gasteiger partial charge in [0.25, 0.3) is 0 Å². The summed E-state index contributed by atoms with van der Waals surface area (Å²) in [4.78, 5) is 32.4. The van der Waals surface area contributed by atoms with Gasteiger partial charge in [-0.1, -0.05) is 0 Å². The van der Waals surface area contributed by atoms with Crippen LogP contribution in [0.4, 0.5) is 5.95 Å². The molecule has 0 bridgehead atoms. The van der Waals surface area contributed by atoms with Crippen molar-refractivity contribution in [3.05, 3.63) is 18.5 Å². The van der Waals surface area contributed by atoms with E-state index >= 15 is 0 Å². The van der Waals surface area contributed by atoms with Crippen molar-refractivity contribution in [3.8, 4) is 0 Å². The molecule has 17 heavy (non-hydrogen) atoms. The number of nitrogens with zero attached hydrogens (tertiary/aromatic N) is 3. The lowest BCUT2D eigenvalue weighted by molar-refractivity contribution is -0.145. The van der Waals surface area contributed by atoms with Crippen LogP contribution in [0.5, 0.6) is 0 Å². The van der Waals surface area contributed by atoms with Crippen molar-refractivity contribution >= 4 is 17.8 Å². The van der Waals surface area contributed by atoms with Gasteiger partial charge in [-0.05, 0) is 6.07 Å². The highest BCUT2D eigenvalue weighted by Crippen LogP contribution is 2.00. The first-order valence-electron chi connectivity index (χ1n) is 5.22. The van der Waals surface area contributed by atoms with Crippen molar-refractivity contribution in [1.29, 1.82) is 0 Å². The van der Waals surface area contributed by atoms with Crippen molar-refractivity contribution in [2.24, 2.45) is 0 Å². The molecule has 0 radical (unpaired) electrons. The monoisotopic (exact) mass is 236 g/mol. The Morgan fingerprint density at radius 3 is 2.53 bits per heavy atom. The van der Waals surface area contributed by atoms with E-state index in [9.17, 15) is 9.59 Å². The van der Waals surface area contributed by atoms with Gasteiger partial charge < -0.3 is 9.64 Å². The van der Waals surface area contributed by atoms with Crippen LogP contribution in [-0.4, -0.2) is 53.0 Å². The molecule has 2 rings (SSSR count). The van der Waals surface area contributed by atoms with Crippen LogP contribution in [0.15, 0.2) is 18.5 Å². The van der Waals surface area contributed by atoms with Crippen LogP contribution in [0.3, 0.4) is 0 Å². The fourth-order valence-corrected chi connectivity index (χ4v) is 1.43. The lowest BCUT2D eigenvalue weighted by Gasteiger charge is -2.25. The van der Waals surface area contributed by atoms with Crippen LogP contribution < -0.4 is 5.32 Å². The predicted octanol–water partition coefficient (Wildman–Crippen LogP) is -0.726. The van der Waals surface area contributed by atoms with Gasteiger partial charge in [0, 0.05) is 25.5 Å². The fraction of sp³-hybridized carbons (Fsp3) is 0.400. The van der Waals surface area contributed by atoms with Crippen molar-refractivity contribution in [3.63, 3.8) is 0 Å². The summed E-state index contributed by atoms with van der Waals surface area (Å²) in [6, 6.07) is 1.62. The molecule has 1 N–H and O–H groups in total. The highest BCUT2D eigenvalue weighted by molar-refractivity contribution is 6.39. The minimum absolute atomic E-state index is 0.124. The number of hydrogen-bond acceptors (Lipinski definition) is 5. The number of anilines is 1. The average Bonchev–Trinajstić information content (AvgIpc) is 2.40. The Morgan fingerprint density at radius 2 is 1.88 bits per heavy atom. The van der Waals surface area contributed by atoms with Crippen LogP contribution in [0.25, 0.3) is 0 Å². The maximum absolute atomic E-state index is 11.7. The smallest absolute Gasteiger partial charge is 0.316 e. The average molecular weight is 236 g/mol. The van der Waals surface area contributed by atoms with Gasteiger partial charge in [0.15, 0.2) is 0 Å². The van der Waals surface area contributed by atoms with Crippen molar-refractivity contribution in [1.82, 2.24) is 14.9 Å². The second-order valence-corrected chi connectivity index (χ2v) is 3.43. The maximum Gasteiger partial charge on any atom is 0.316 e. The molecule has 0 aromatic carbocycles. The quantitative estimate of drug-likeness (QED) is 0.650. The molecular formula is C10H12N4O3. The zero-order chi connectivity index (χ0) is 12.1. The summed E-state index contributed by atoms with van der Waals surface area (Å²) in [5.74, 6) is -1.18. The van der Waals surface area contributed by atoms with E-state index < -0.39 is 11.8 Å². The van der Waals surface area contributed by atoms with Gasteiger partial charge in [0.1, 0.15) is 0 Å². The first-order chi connectivity index (χ1) is 8.27. The van der Waals surface area contributed by atoms with E-state index in [2.05, 4.69) is 15.3 Å². The summed E-state index contributed by atoms with van der Waals surface area (Å²) in [6.07, 6.45) is 2.98. The van der Waals surface area contributed by atoms with Crippen LogP contribution in [0, 0.1) is 0 Å². The normalized spacial score (nSPS) is 15.4. The number of amides is 2. The standard InChI is InChI=1S/C10H12N4O3/c15-8(13-10-11-2-1-3-12-10)9(16)14-4-6-17-7-5-14/h1-3H,4-7H2,(H,11,12,13,15). The minimum Gasteiger partial charge on any atom is -0.378 e. The summed E-state index contributed by atoms with van der Waals surface area (Å²) in [7, 11) is 0. The fourth-order valence-electron chi connectivity index (χ4n) is 1.43. The molecule has 0 spiro atoms. The van der Waals surface area contributed by atoms with Crippen LogP contribution >= 0.6 is 0 Å². The van der Waals surface area contributed by atoms with Gasteiger partial charge in [-0.2, -0.15) is 0 Å². The Kier molecular flexibility index (Phi) is 3.61. The van der Waals surface area contributed by atoms with E-state index in [1.165, 1.54) is 17.3 Å². The lowest BCUT2D eigenvalue weighted by Crippen LogP contribution is -2.46. The number of carbonyl (C=O) groups excluding carboxylic acids is 2. The summed E-state index contributed by atoms with van der Waals surface area (Å²) in [5.41, 5.74) is 0. The van der Waals surface area contributed by atoms with E-state index in [-0.39, 0.29) is 5.95 Å². The summed E-state index contributed by atoms with van der Waals surface area (Å²) >= 11 is 0. The molecule has 1 fully saturated rings. The number of carbonyl (C=O) groups is 2. The number of hydrogen-bond donors (Lipinski definition) is 1. The van der Waals surface area contributed by atoms with Crippen LogP contribution in [0.2, 0.25) is 0 Å². The molecule has 2 heterocycles. The van der Waals surface area contributed by atoms with Gasteiger partial charge in [-0.25, -0.2) is 9.97 Å². The van der Waals surface area contributed by atoms with E-state index in [4.69, 9.17) is 4.74 Å². The van der Waals surface area contributed by atoms with Crippen molar-refractivity contribution in [2.45, 2.75) is 0 Å². The SMILES string of the molecule is O=C(Nc1ncccn1)C(=O)N1CCOCC1. The second kappa shape index (κ2) is 5.35. The largest absolute Gasteiger partial charge is 0.378 e. The van der Waals surface area contributed by atoms with E-state index in [1.807, 2.05) is 0 Å². The number of ether oxygens (including phenoxy) is 1. The third-order valence-corrected chi connectivity index (χ3v) is 2.28. The molecule has 0 aliphatic carbocycles. The van der Waals surface area contributed by atoms with Crippen LogP contribution in [0.1, 0.15) is 0 Å². The van der Waals surface area contributed by atoms with Gasteiger partial charge >= 0.3 is 11.8 Å². The third-order valence-electron chi connectivity index (χ3n) is 2.28. The Hall–Kier alpha value is -2.02. The summed E-state index contributed by atoms with van der Waals surface area (Å²) in [5, 5.41) is 2.35. The molecule has 1 aliphatic heterocycles. The lowest BCUT2D eigenvalue weighted by atomic mass is 10.4. The highest BCUT2D eigenvalue weighted by Gasteiger charge is 2.23. The number of aromatic nitrogens is 2. The molecule has 7 heteroatoms. The zero-order valence-corrected chi connectivity index (χ0v) is 9.13.